The Morgan fingerprint density at radius 2 is 2.00 bits per heavy atom. The molecule has 4 nitrogen and oxygen atoms in total. The van der Waals surface area contributed by atoms with E-state index in [0.717, 1.165) is 27.9 Å². The van der Waals surface area contributed by atoms with Crippen molar-refractivity contribution >= 4 is 5.69 Å². The fourth-order valence-electron chi connectivity index (χ4n) is 3.68. The number of aliphatic hydroxyl groups is 1. The number of nitrogens with zero attached hydrogens (tertiary/aromatic N) is 1. The molecule has 0 amide bonds. The predicted molar refractivity (Wildman–Crippen MR) is 103 cm³/mol. The van der Waals surface area contributed by atoms with Gasteiger partial charge >= 0.3 is 0 Å². The Kier molecular flexibility index (Phi) is 5.28. The topological polar surface area (TPSA) is 54.3 Å². The summed E-state index contributed by atoms with van der Waals surface area (Å²) in [5.41, 5.74) is 4.81. The fraction of sp³-hybridized carbons (Fsp3) is 0.476. The molecular weight excluding hydrogens is 312 g/mol. The van der Waals surface area contributed by atoms with Gasteiger partial charge in [0, 0.05) is 41.7 Å². The number of anilines is 1. The van der Waals surface area contributed by atoms with Gasteiger partial charge < -0.3 is 15.0 Å². The van der Waals surface area contributed by atoms with Gasteiger partial charge in [0.2, 0.25) is 0 Å². The van der Waals surface area contributed by atoms with Gasteiger partial charge in [0.05, 0.1) is 6.10 Å². The Balaban J connectivity index is 2.08. The van der Waals surface area contributed by atoms with Crippen LogP contribution >= 0.6 is 0 Å². The van der Waals surface area contributed by atoms with Gasteiger partial charge in [-0.1, -0.05) is 25.8 Å². The first-order valence-corrected chi connectivity index (χ1v) is 9.25. The zero-order valence-electron chi connectivity index (χ0n) is 15.4. The maximum absolute atomic E-state index is 12.0. The summed E-state index contributed by atoms with van der Waals surface area (Å²) in [5, 5.41) is 13.9. The molecule has 0 radical (unpaired) electrons. The Morgan fingerprint density at radius 1 is 1.28 bits per heavy atom. The second-order valence-electron chi connectivity index (χ2n) is 7.18. The average Bonchev–Trinajstić information content (AvgIpc) is 3.12. The van der Waals surface area contributed by atoms with Gasteiger partial charge in [-0.3, -0.25) is 4.79 Å². The normalized spacial score (nSPS) is 16.2. The number of pyridine rings is 1. The Morgan fingerprint density at radius 3 is 2.64 bits per heavy atom. The van der Waals surface area contributed by atoms with Crippen LogP contribution in [0.4, 0.5) is 5.69 Å². The molecule has 1 unspecified atom stereocenters. The summed E-state index contributed by atoms with van der Waals surface area (Å²) in [4.78, 5) is 12.0. The van der Waals surface area contributed by atoms with Crippen molar-refractivity contribution < 1.29 is 5.11 Å². The van der Waals surface area contributed by atoms with Crippen LogP contribution in [0.5, 0.6) is 0 Å². The van der Waals surface area contributed by atoms with Crippen LogP contribution in [-0.4, -0.2) is 15.7 Å². The molecule has 4 heteroatoms. The number of aliphatic hydroxyl groups excluding tert-OH is 1. The maximum Gasteiger partial charge on any atom is 0.253 e. The van der Waals surface area contributed by atoms with E-state index in [1.165, 1.54) is 25.7 Å². The number of rotatable bonds is 5. The van der Waals surface area contributed by atoms with Gasteiger partial charge in [-0.05, 0) is 49.9 Å². The highest BCUT2D eigenvalue weighted by molar-refractivity contribution is 5.78. The summed E-state index contributed by atoms with van der Waals surface area (Å²) in [6, 6.07) is 8.59. The van der Waals surface area contributed by atoms with E-state index in [-0.39, 0.29) is 5.56 Å². The van der Waals surface area contributed by atoms with Crippen molar-refractivity contribution in [2.24, 2.45) is 7.05 Å². The van der Waals surface area contributed by atoms with Crippen LogP contribution in [0, 0.1) is 6.92 Å². The van der Waals surface area contributed by atoms with E-state index in [4.69, 9.17) is 0 Å². The SMILES string of the molecule is CCC(O)c1ccc(NC2CCCC2)c(-c2cc(C)c(=O)n(C)c2)c1. The van der Waals surface area contributed by atoms with Crippen molar-refractivity contribution in [2.75, 3.05) is 5.32 Å². The number of aromatic nitrogens is 1. The highest BCUT2D eigenvalue weighted by Crippen LogP contribution is 2.34. The minimum absolute atomic E-state index is 0.0267. The maximum atomic E-state index is 12.0. The first-order valence-electron chi connectivity index (χ1n) is 9.25. The van der Waals surface area contributed by atoms with E-state index in [0.29, 0.717) is 12.5 Å². The Labute approximate surface area is 149 Å². The molecule has 0 saturated heterocycles. The summed E-state index contributed by atoms with van der Waals surface area (Å²) in [6.07, 6.45) is 7.05. The van der Waals surface area contributed by atoms with E-state index in [1.807, 2.05) is 32.2 Å². The minimum Gasteiger partial charge on any atom is -0.388 e. The molecule has 25 heavy (non-hydrogen) atoms. The lowest BCUT2D eigenvalue weighted by molar-refractivity contribution is 0.174. The summed E-state index contributed by atoms with van der Waals surface area (Å²) in [5.74, 6) is 0. The molecule has 134 valence electrons. The van der Waals surface area contributed by atoms with E-state index < -0.39 is 6.10 Å². The first-order chi connectivity index (χ1) is 12.0. The largest absolute Gasteiger partial charge is 0.388 e. The van der Waals surface area contributed by atoms with Crippen molar-refractivity contribution in [2.45, 2.75) is 58.1 Å². The molecule has 1 aliphatic rings. The first kappa shape index (κ1) is 17.7. The summed E-state index contributed by atoms with van der Waals surface area (Å²) < 4.78 is 1.63. The Bertz CT molecular complexity index is 778. The zero-order valence-corrected chi connectivity index (χ0v) is 15.4. The van der Waals surface area contributed by atoms with Crippen molar-refractivity contribution in [3.8, 4) is 11.1 Å². The van der Waals surface area contributed by atoms with Gasteiger partial charge in [-0.2, -0.15) is 0 Å². The van der Waals surface area contributed by atoms with E-state index in [9.17, 15) is 9.90 Å². The van der Waals surface area contributed by atoms with Gasteiger partial charge in [0.1, 0.15) is 0 Å². The van der Waals surface area contributed by atoms with Gasteiger partial charge in [-0.15, -0.1) is 0 Å². The number of nitrogens with one attached hydrogen (secondary N) is 1. The number of benzene rings is 1. The zero-order chi connectivity index (χ0) is 18.0. The van der Waals surface area contributed by atoms with Gasteiger partial charge in [0.15, 0.2) is 0 Å². The lowest BCUT2D eigenvalue weighted by atomic mass is 9.97. The lowest BCUT2D eigenvalue weighted by Crippen LogP contribution is -2.19. The fourth-order valence-corrected chi connectivity index (χ4v) is 3.68. The number of aryl methyl sites for hydroxylation is 2. The van der Waals surface area contributed by atoms with E-state index >= 15 is 0 Å². The van der Waals surface area contributed by atoms with Crippen molar-refractivity contribution in [3.63, 3.8) is 0 Å². The number of hydrogen-bond donors (Lipinski definition) is 2. The molecule has 0 spiro atoms. The van der Waals surface area contributed by atoms with Crippen molar-refractivity contribution in [1.29, 1.82) is 0 Å². The van der Waals surface area contributed by atoms with Crippen molar-refractivity contribution in [3.05, 3.63) is 51.9 Å². The molecule has 2 N–H and O–H groups in total. The van der Waals surface area contributed by atoms with Crippen LogP contribution in [-0.2, 0) is 7.05 Å². The third kappa shape index (κ3) is 3.79. The second kappa shape index (κ2) is 7.44. The molecule has 1 fully saturated rings. The van der Waals surface area contributed by atoms with Crippen LogP contribution in [0.1, 0.15) is 56.3 Å². The van der Waals surface area contributed by atoms with Crippen LogP contribution in [0.3, 0.4) is 0 Å². The van der Waals surface area contributed by atoms with Crippen LogP contribution in [0.25, 0.3) is 11.1 Å². The molecular formula is C21H28N2O2. The molecule has 1 saturated carbocycles. The molecule has 1 heterocycles. The second-order valence-corrected chi connectivity index (χ2v) is 7.18. The molecule has 3 rings (SSSR count). The smallest absolute Gasteiger partial charge is 0.253 e. The van der Waals surface area contributed by atoms with Crippen molar-refractivity contribution in [1.82, 2.24) is 4.57 Å². The third-order valence-electron chi connectivity index (χ3n) is 5.20. The monoisotopic (exact) mass is 340 g/mol. The molecule has 2 aromatic rings. The third-order valence-corrected chi connectivity index (χ3v) is 5.20. The van der Waals surface area contributed by atoms with Crippen LogP contribution in [0.15, 0.2) is 35.3 Å². The summed E-state index contributed by atoms with van der Waals surface area (Å²) >= 11 is 0. The predicted octanol–water partition coefficient (Wildman–Crippen LogP) is 4.16. The molecule has 1 aromatic carbocycles. The number of hydrogen-bond acceptors (Lipinski definition) is 3. The lowest BCUT2D eigenvalue weighted by Gasteiger charge is -2.20. The molecule has 0 bridgehead atoms. The quantitative estimate of drug-likeness (QED) is 0.859. The Hall–Kier alpha value is -2.07. The summed E-state index contributed by atoms with van der Waals surface area (Å²) in [6.45, 7) is 3.83. The highest BCUT2D eigenvalue weighted by Gasteiger charge is 2.18. The molecule has 1 aromatic heterocycles. The van der Waals surface area contributed by atoms with E-state index in [1.54, 1.807) is 11.6 Å². The van der Waals surface area contributed by atoms with Crippen LogP contribution in [0.2, 0.25) is 0 Å². The van der Waals surface area contributed by atoms with E-state index in [2.05, 4.69) is 17.4 Å². The highest BCUT2D eigenvalue weighted by atomic mass is 16.3. The molecule has 1 aliphatic carbocycles. The summed E-state index contributed by atoms with van der Waals surface area (Å²) in [7, 11) is 1.79. The standard InChI is InChI=1S/C21H28N2O2/c1-4-20(24)15-9-10-19(22-17-7-5-6-8-17)18(12-15)16-11-14(2)21(25)23(3)13-16/h9-13,17,20,22,24H,4-8H2,1-3H3. The minimum atomic E-state index is -0.465. The average molecular weight is 340 g/mol. The van der Waals surface area contributed by atoms with Crippen LogP contribution < -0.4 is 10.9 Å². The van der Waals surface area contributed by atoms with Gasteiger partial charge in [-0.25, -0.2) is 0 Å². The molecule has 0 aliphatic heterocycles. The van der Waals surface area contributed by atoms with Gasteiger partial charge in [0.25, 0.3) is 5.56 Å². The molecule has 1 atom stereocenters.